The predicted molar refractivity (Wildman–Crippen MR) is 78.1 cm³/mol. The molecule has 112 valence electrons. The van der Waals surface area contributed by atoms with Crippen molar-refractivity contribution in [2.45, 2.75) is 46.0 Å². The quantitative estimate of drug-likeness (QED) is 0.846. The van der Waals surface area contributed by atoms with Crippen LogP contribution in [0, 0.1) is 0 Å². The summed E-state index contributed by atoms with van der Waals surface area (Å²) in [5, 5.41) is 4.99. The number of fused-ring (bicyclic) bond motifs is 1. The summed E-state index contributed by atoms with van der Waals surface area (Å²) in [7, 11) is 0. The third-order valence-corrected chi connectivity index (χ3v) is 3.91. The lowest BCUT2D eigenvalue weighted by Gasteiger charge is -2.19. The zero-order valence-electron chi connectivity index (χ0n) is 12.2. The molecule has 0 bridgehead atoms. The molecule has 2 aromatic rings. The van der Waals surface area contributed by atoms with Gasteiger partial charge in [-0.2, -0.15) is 0 Å². The minimum absolute atomic E-state index is 0.0420. The Kier molecular flexibility index (Phi) is 4.27. The van der Waals surface area contributed by atoms with Crippen LogP contribution in [-0.2, 0) is 5.41 Å². The summed E-state index contributed by atoms with van der Waals surface area (Å²) in [6, 6.07) is 0. The maximum atomic E-state index is 12.6. The van der Waals surface area contributed by atoms with Crippen LogP contribution in [0.1, 0.15) is 39.8 Å². The van der Waals surface area contributed by atoms with E-state index in [1.54, 1.807) is 9.42 Å². The van der Waals surface area contributed by atoms with Crippen molar-refractivity contribution in [2.24, 2.45) is 0 Å². The van der Waals surface area contributed by atoms with Crippen molar-refractivity contribution in [2.75, 3.05) is 18.0 Å². The monoisotopic (exact) mass is 302 g/mol. The fraction of sp³-hybridized carbons (Fsp3) is 0.692. The van der Waals surface area contributed by atoms with Gasteiger partial charge >= 0.3 is 0 Å². The van der Waals surface area contributed by atoms with Crippen LogP contribution in [0.25, 0.3) is 4.96 Å². The van der Waals surface area contributed by atoms with Crippen molar-refractivity contribution in [3.63, 3.8) is 0 Å². The summed E-state index contributed by atoms with van der Waals surface area (Å²) in [5.41, 5.74) is 0.915. The summed E-state index contributed by atoms with van der Waals surface area (Å²) >= 11 is 1.36. The topological polar surface area (TPSA) is 33.4 Å². The molecule has 0 spiro atoms. The lowest BCUT2D eigenvalue weighted by molar-refractivity contribution is 0.154. The Balaban J connectivity index is 2.28. The Morgan fingerprint density at radius 2 is 2.10 bits per heavy atom. The van der Waals surface area contributed by atoms with Crippen LogP contribution < -0.4 is 4.90 Å². The number of alkyl halides is 2. The molecule has 0 radical (unpaired) electrons. The van der Waals surface area contributed by atoms with Gasteiger partial charge in [-0.1, -0.05) is 39.0 Å². The molecule has 0 aliphatic rings. The van der Waals surface area contributed by atoms with E-state index in [4.69, 9.17) is 0 Å². The van der Waals surface area contributed by atoms with Gasteiger partial charge in [0.05, 0.1) is 18.4 Å². The first-order chi connectivity index (χ1) is 9.31. The normalized spacial score (nSPS) is 12.6. The first-order valence-electron chi connectivity index (χ1n) is 6.71. The maximum absolute atomic E-state index is 12.6. The van der Waals surface area contributed by atoms with Gasteiger partial charge in [-0.15, -0.1) is 5.10 Å². The van der Waals surface area contributed by atoms with Crippen LogP contribution in [0.4, 0.5) is 13.9 Å². The molecule has 2 heterocycles. The smallest absolute Gasteiger partial charge is 0.255 e. The Hall–Kier alpha value is -1.24. The van der Waals surface area contributed by atoms with Crippen LogP contribution in [0.2, 0.25) is 0 Å². The molecular weight excluding hydrogens is 282 g/mol. The summed E-state index contributed by atoms with van der Waals surface area (Å²) in [6.45, 7) is 8.51. The second-order valence-corrected chi connectivity index (χ2v) is 6.76. The fourth-order valence-electron chi connectivity index (χ4n) is 1.88. The van der Waals surface area contributed by atoms with Gasteiger partial charge in [0, 0.05) is 12.0 Å². The average Bonchev–Trinajstić information content (AvgIpc) is 2.83. The highest BCUT2D eigenvalue weighted by Gasteiger charge is 2.21. The van der Waals surface area contributed by atoms with Crippen molar-refractivity contribution < 1.29 is 8.78 Å². The van der Waals surface area contributed by atoms with Crippen molar-refractivity contribution in [1.29, 1.82) is 0 Å². The highest BCUT2D eigenvalue weighted by molar-refractivity contribution is 7.20. The predicted octanol–water partition coefficient (Wildman–Crippen LogP) is 3.57. The largest absolute Gasteiger partial charge is 0.341 e. The number of hydrogen-bond acceptors (Lipinski definition) is 4. The van der Waals surface area contributed by atoms with E-state index >= 15 is 0 Å². The SMILES string of the molecule is CCCN(CC(F)F)c1nn2cc(C(C)(C)C)nc2s1. The van der Waals surface area contributed by atoms with Crippen molar-refractivity contribution >= 4 is 21.4 Å². The molecule has 20 heavy (non-hydrogen) atoms. The van der Waals surface area contributed by atoms with Gasteiger partial charge in [-0.25, -0.2) is 18.3 Å². The van der Waals surface area contributed by atoms with Crippen molar-refractivity contribution in [3.8, 4) is 0 Å². The first kappa shape index (κ1) is 15.2. The third kappa shape index (κ3) is 3.26. The summed E-state index contributed by atoms with van der Waals surface area (Å²) in [5.74, 6) is 0. The molecule has 0 saturated heterocycles. The third-order valence-electron chi connectivity index (χ3n) is 2.92. The number of hydrogen-bond donors (Lipinski definition) is 0. The molecule has 0 N–H and O–H groups in total. The summed E-state index contributed by atoms with van der Waals surface area (Å²) in [4.78, 5) is 6.91. The maximum Gasteiger partial charge on any atom is 0.255 e. The second-order valence-electron chi connectivity index (χ2n) is 5.83. The van der Waals surface area contributed by atoms with Crippen molar-refractivity contribution in [3.05, 3.63) is 11.9 Å². The van der Waals surface area contributed by atoms with E-state index in [1.165, 1.54) is 11.3 Å². The molecule has 2 aromatic heterocycles. The number of nitrogens with zero attached hydrogens (tertiary/aromatic N) is 4. The zero-order valence-corrected chi connectivity index (χ0v) is 13.0. The number of imidazole rings is 1. The molecule has 0 amide bonds. The molecule has 0 aliphatic heterocycles. The fourth-order valence-corrected chi connectivity index (χ4v) is 2.80. The van der Waals surface area contributed by atoms with E-state index in [2.05, 4.69) is 30.9 Å². The minimum Gasteiger partial charge on any atom is -0.341 e. The molecule has 2 rings (SSSR count). The Morgan fingerprint density at radius 1 is 1.40 bits per heavy atom. The van der Waals surface area contributed by atoms with E-state index in [1.807, 2.05) is 13.1 Å². The Bertz CT molecular complexity index is 539. The molecule has 7 heteroatoms. The molecule has 0 atom stereocenters. The van der Waals surface area contributed by atoms with Crippen LogP contribution in [0.5, 0.6) is 0 Å². The Morgan fingerprint density at radius 3 is 2.60 bits per heavy atom. The van der Waals surface area contributed by atoms with E-state index in [0.29, 0.717) is 11.7 Å². The minimum atomic E-state index is -2.36. The van der Waals surface area contributed by atoms with Gasteiger partial charge < -0.3 is 4.90 Å². The van der Waals surface area contributed by atoms with E-state index in [-0.39, 0.29) is 12.0 Å². The van der Waals surface area contributed by atoms with Crippen LogP contribution >= 0.6 is 11.3 Å². The average molecular weight is 302 g/mol. The van der Waals surface area contributed by atoms with E-state index in [0.717, 1.165) is 17.1 Å². The summed E-state index contributed by atoms with van der Waals surface area (Å²) in [6.07, 6.45) is 0.326. The zero-order chi connectivity index (χ0) is 14.9. The van der Waals surface area contributed by atoms with Crippen molar-refractivity contribution in [1.82, 2.24) is 14.6 Å². The van der Waals surface area contributed by atoms with Crippen LogP contribution in [-0.4, -0.2) is 34.1 Å². The number of anilines is 1. The molecule has 0 unspecified atom stereocenters. The molecule has 0 fully saturated rings. The van der Waals surface area contributed by atoms with E-state index in [9.17, 15) is 8.78 Å². The first-order valence-corrected chi connectivity index (χ1v) is 7.52. The molecule has 0 aromatic carbocycles. The standard InChI is InChI=1S/C13H20F2N4S/c1-5-6-18(8-10(14)15)12-17-19-7-9(13(2,3)4)16-11(19)20-12/h7,10H,5-6,8H2,1-4H3. The van der Waals surface area contributed by atoms with Gasteiger partial charge in [-0.3, -0.25) is 0 Å². The van der Waals surface area contributed by atoms with E-state index < -0.39 is 6.43 Å². The lowest BCUT2D eigenvalue weighted by Crippen LogP contribution is -2.29. The lowest BCUT2D eigenvalue weighted by atomic mass is 9.93. The van der Waals surface area contributed by atoms with Crippen LogP contribution in [0.15, 0.2) is 6.20 Å². The Labute approximate surface area is 121 Å². The highest BCUT2D eigenvalue weighted by atomic mass is 32.1. The molecule has 0 aliphatic carbocycles. The van der Waals surface area contributed by atoms with Gasteiger partial charge in [-0.05, 0) is 6.42 Å². The highest BCUT2D eigenvalue weighted by Crippen LogP contribution is 2.27. The summed E-state index contributed by atoms with van der Waals surface area (Å²) < 4.78 is 26.9. The molecule has 4 nitrogen and oxygen atoms in total. The van der Waals surface area contributed by atoms with Crippen LogP contribution in [0.3, 0.4) is 0 Å². The number of rotatable bonds is 5. The molecule has 0 saturated carbocycles. The number of halogens is 2. The van der Waals surface area contributed by atoms with Gasteiger partial charge in [0.1, 0.15) is 0 Å². The second kappa shape index (κ2) is 5.63. The van der Waals surface area contributed by atoms with Gasteiger partial charge in [0.25, 0.3) is 6.43 Å². The van der Waals surface area contributed by atoms with Gasteiger partial charge in [0.15, 0.2) is 0 Å². The number of aromatic nitrogens is 3. The van der Waals surface area contributed by atoms with Gasteiger partial charge in [0.2, 0.25) is 10.1 Å². The molecular formula is C13H20F2N4S.